The zero-order valence-electron chi connectivity index (χ0n) is 15.2. The third-order valence-electron chi connectivity index (χ3n) is 4.75. The number of hydrogen-bond donors (Lipinski definition) is 1. The van der Waals surface area contributed by atoms with Crippen LogP contribution in [0.25, 0.3) is 0 Å². The van der Waals surface area contributed by atoms with Crippen LogP contribution in [0.5, 0.6) is 0 Å². The summed E-state index contributed by atoms with van der Waals surface area (Å²) in [6.07, 6.45) is -3.59. The minimum absolute atomic E-state index is 0.253. The van der Waals surface area contributed by atoms with E-state index in [4.69, 9.17) is 0 Å². The zero-order valence-corrected chi connectivity index (χ0v) is 15.2. The average Bonchev–Trinajstić information content (AvgIpc) is 2.67. The normalized spacial score (nSPS) is 15.5. The smallest absolute Gasteiger partial charge is 0.322 e. The lowest BCUT2D eigenvalue weighted by molar-refractivity contribution is -0.137. The molecule has 1 N–H and O–H groups in total. The number of anilines is 1. The number of urea groups is 1. The zero-order chi connectivity index (χ0) is 20.1. The molecule has 0 spiro atoms. The van der Waals surface area contributed by atoms with Crippen LogP contribution >= 0.6 is 0 Å². The van der Waals surface area contributed by atoms with Crippen molar-refractivity contribution in [2.24, 2.45) is 0 Å². The van der Waals surface area contributed by atoms with Gasteiger partial charge in [0.25, 0.3) is 0 Å². The molecule has 2 aromatic rings. The van der Waals surface area contributed by atoms with Crippen molar-refractivity contribution < 1.29 is 22.4 Å². The van der Waals surface area contributed by atoms with E-state index in [9.17, 15) is 22.4 Å². The van der Waals surface area contributed by atoms with Crippen molar-refractivity contribution in [1.29, 1.82) is 0 Å². The van der Waals surface area contributed by atoms with Crippen molar-refractivity contribution in [3.8, 4) is 0 Å². The van der Waals surface area contributed by atoms with Crippen molar-refractivity contribution in [2.45, 2.75) is 12.6 Å². The highest BCUT2D eigenvalue weighted by Gasteiger charge is 2.30. The van der Waals surface area contributed by atoms with Gasteiger partial charge in [0, 0.05) is 38.4 Å². The van der Waals surface area contributed by atoms with E-state index in [1.54, 1.807) is 17.0 Å². The number of rotatable bonds is 4. The maximum absolute atomic E-state index is 12.9. The molecule has 3 rings (SSSR count). The molecule has 0 aromatic heterocycles. The second-order valence-electron chi connectivity index (χ2n) is 6.71. The molecule has 28 heavy (non-hydrogen) atoms. The molecule has 0 bridgehead atoms. The van der Waals surface area contributed by atoms with Crippen LogP contribution in [0.2, 0.25) is 0 Å². The maximum atomic E-state index is 12.9. The Hall–Kier alpha value is -2.61. The quantitative estimate of drug-likeness (QED) is 0.787. The summed E-state index contributed by atoms with van der Waals surface area (Å²) in [6.45, 7) is 3.31. The van der Waals surface area contributed by atoms with Crippen LogP contribution in [0.4, 0.5) is 28.0 Å². The lowest BCUT2D eigenvalue weighted by Crippen LogP contribution is -2.50. The molecule has 150 valence electrons. The van der Waals surface area contributed by atoms with Crippen molar-refractivity contribution in [3.63, 3.8) is 0 Å². The maximum Gasteiger partial charge on any atom is 0.416 e. The third kappa shape index (κ3) is 5.45. The molecule has 1 heterocycles. The van der Waals surface area contributed by atoms with Gasteiger partial charge in [-0.25, -0.2) is 9.18 Å². The molecule has 4 nitrogen and oxygen atoms in total. The van der Waals surface area contributed by atoms with Crippen LogP contribution in [0.15, 0.2) is 48.5 Å². The van der Waals surface area contributed by atoms with Gasteiger partial charge in [0.1, 0.15) is 5.82 Å². The molecule has 2 amide bonds. The largest absolute Gasteiger partial charge is 0.416 e. The second kappa shape index (κ2) is 8.60. The van der Waals surface area contributed by atoms with Gasteiger partial charge in [0.05, 0.1) is 5.56 Å². The van der Waals surface area contributed by atoms with Crippen LogP contribution in [0.1, 0.15) is 11.1 Å². The van der Waals surface area contributed by atoms with Gasteiger partial charge in [-0.05, 0) is 48.4 Å². The number of piperazine rings is 1. The van der Waals surface area contributed by atoms with E-state index in [0.717, 1.165) is 30.7 Å². The van der Waals surface area contributed by atoms with E-state index in [-0.39, 0.29) is 11.8 Å². The first-order chi connectivity index (χ1) is 13.3. The fraction of sp³-hybridized carbons (Fsp3) is 0.350. The Bertz CT molecular complexity index is 783. The Labute approximate surface area is 160 Å². The van der Waals surface area contributed by atoms with Gasteiger partial charge in [-0.15, -0.1) is 0 Å². The minimum Gasteiger partial charge on any atom is -0.322 e. The van der Waals surface area contributed by atoms with Crippen molar-refractivity contribution in [2.75, 3.05) is 38.0 Å². The van der Waals surface area contributed by atoms with Crippen molar-refractivity contribution in [3.05, 3.63) is 65.5 Å². The van der Waals surface area contributed by atoms with Gasteiger partial charge < -0.3 is 10.2 Å². The van der Waals surface area contributed by atoms with Gasteiger partial charge in [-0.3, -0.25) is 4.90 Å². The van der Waals surface area contributed by atoms with Crippen LogP contribution < -0.4 is 5.32 Å². The van der Waals surface area contributed by atoms with Gasteiger partial charge in [-0.1, -0.05) is 12.1 Å². The number of alkyl halides is 3. The summed E-state index contributed by atoms with van der Waals surface area (Å²) in [7, 11) is 0. The molecule has 1 aliphatic heterocycles. The Morgan fingerprint density at radius 1 is 0.929 bits per heavy atom. The molecule has 0 aliphatic carbocycles. The lowest BCUT2D eigenvalue weighted by atomic mass is 10.1. The first-order valence-electron chi connectivity index (χ1n) is 9.01. The number of amides is 2. The monoisotopic (exact) mass is 395 g/mol. The van der Waals surface area contributed by atoms with Gasteiger partial charge in [-0.2, -0.15) is 13.2 Å². The first kappa shape index (κ1) is 20.1. The Morgan fingerprint density at radius 3 is 2.11 bits per heavy atom. The molecule has 1 saturated heterocycles. The van der Waals surface area contributed by atoms with Gasteiger partial charge in [0.2, 0.25) is 0 Å². The molecule has 8 heteroatoms. The summed E-state index contributed by atoms with van der Waals surface area (Å²) >= 11 is 0. The minimum atomic E-state index is -4.40. The molecular weight excluding hydrogens is 374 g/mol. The molecule has 0 radical (unpaired) electrons. The molecule has 1 fully saturated rings. The van der Waals surface area contributed by atoms with Crippen molar-refractivity contribution in [1.82, 2.24) is 9.80 Å². The van der Waals surface area contributed by atoms with Gasteiger partial charge in [0.15, 0.2) is 0 Å². The number of halogens is 4. The van der Waals surface area contributed by atoms with E-state index in [1.807, 2.05) is 0 Å². The second-order valence-corrected chi connectivity index (χ2v) is 6.71. The number of nitrogens with zero attached hydrogens (tertiary/aromatic N) is 2. The topological polar surface area (TPSA) is 35.6 Å². The number of nitrogens with one attached hydrogen (secondary N) is 1. The first-order valence-corrected chi connectivity index (χ1v) is 9.01. The van der Waals surface area contributed by atoms with Crippen LogP contribution in [0, 0.1) is 5.82 Å². The summed E-state index contributed by atoms with van der Waals surface area (Å²) in [5.41, 5.74) is 0.640. The SMILES string of the molecule is O=C(Nc1ccc(C(F)(F)F)cc1)N1CCN(CCc2ccc(F)cc2)CC1. The summed E-state index contributed by atoms with van der Waals surface area (Å²) in [5.74, 6) is -0.253. The lowest BCUT2D eigenvalue weighted by Gasteiger charge is -2.34. The standard InChI is InChI=1S/C20H21F4N3O/c21-17-5-1-15(2-6-17)9-10-26-11-13-27(14-12-26)19(28)25-18-7-3-16(4-8-18)20(22,23)24/h1-8H,9-14H2,(H,25,28). The number of benzene rings is 2. The summed E-state index contributed by atoms with van der Waals surface area (Å²) in [5, 5.41) is 2.63. The fourth-order valence-corrected chi connectivity index (χ4v) is 3.06. The van der Waals surface area contributed by atoms with Crippen LogP contribution in [-0.4, -0.2) is 48.6 Å². The Morgan fingerprint density at radius 2 is 1.54 bits per heavy atom. The molecule has 2 aromatic carbocycles. The molecule has 1 aliphatic rings. The van der Waals surface area contributed by atoms with E-state index >= 15 is 0 Å². The van der Waals surface area contributed by atoms with E-state index < -0.39 is 11.7 Å². The third-order valence-corrected chi connectivity index (χ3v) is 4.75. The van der Waals surface area contributed by atoms with Crippen molar-refractivity contribution >= 4 is 11.7 Å². The fourth-order valence-electron chi connectivity index (χ4n) is 3.06. The molecule has 0 atom stereocenters. The summed E-state index contributed by atoms with van der Waals surface area (Å²) in [4.78, 5) is 16.2. The number of carbonyl (C=O) groups is 1. The highest BCUT2D eigenvalue weighted by Crippen LogP contribution is 2.29. The summed E-state index contributed by atoms with van der Waals surface area (Å²) < 4.78 is 50.7. The van der Waals surface area contributed by atoms with E-state index in [2.05, 4.69) is 10.2 Å². The molecule has 0 unspecified atom stereocenters. The van der Waals surface area contributed by atoms with Crippen LogP contribution in [0.3, 0.4) is 0 Å². The average molecular weight is 395 g/mol. The Balaban J connectivity index is 1.44. The van der Waals surface area contributed by atoms with E-state index in [0.29, 0.717) is 31.9 Å². The highest BCUT2D eigenvalue weighted by molar-refractivity contribution is 5.89. The predicted molar refractivity (Wildman–Crippen MR) is 98.6 cm³/mol. The number of hydrogen-bond acceptors (Lipinski definition) is 2. The number of carbonyl (C=O) groups excluding carboxylic acids is 1. The molecule has 0 saturated carbocycles. The predicted octanol–water partition coefficient (Wildman–Crippen LogP) is 4.24. The molecular formula is C20H21F4N3O. The summed E-state index contributed by atoms with van der Waals surface area (Å²) in [6, 6.07) is 10.5. The highest BCUT2D eigenvalue weighted by atomic mass is 19.4. The van der Waals surface area contributed by atoms with Gasteiger partial charge >= 0.3 is 12.2 Å². The van der Waals surface area contributed by atoms with Crippen LogP contribution in [-0.2, 0) is 12.6 Å². The Kier molecular flexibility index (Phi) is 6.18. The van der Waals surface area contributed by atoms with E-state index in [1.165, 1.54) is 24.3 Å².